The summed E-state index contributed by atoms with van der Waals surface area (Å²) in [5.74, 6) is 1.05. The molecule has 4 aromatic rings. The minimum absolute atomic E-state index is 0.0159. The summed E-state index contributed by atoms with van der Waals surface area (Å²) in [6, 6.07) is 9.32. The summed E-state index contributed by atoms with van der Waals surface area (Å²) in [5, 5.41) is 0.509. The van der Waals surface area contributed by atoms with Gasteiger partial charge in [-0.15, -0.1) is 0 Å². The number of para-hydroxylation sites is 1. The number of hydrogen-bond acceptors (Lipinski definition) is 7. The SMILES string of the molecule is COc1cc2occ(CCCCN3CCN(c4cccc5[nH]c(=O)[nH]c45)CC3)c(=O)c2cc1OC. The normalized spacial score (nSPS) is 14.6. The van der Waals surface area contributed by atoms with Crippen LogP contribution < -0.4 is 25.5 Å². The molecule has 0 bridgehead atoms. The monoisotopic (exact) mass is 478 g/mol. The number of piperazine rings is 1. The zero-order chi connectivity index (χ0) is 24.4. The van der Waals surface area contributed by atoms with Crippen LogP contribution in [0, 0.1) is 0 Å². The van der Waals surface area contributed by atoms with E-state index in [-0.39, 0.29) is 11.1 Å². The van der Waals surface area contributed by atoms with Gasteiger partial charge in [0.2, 0.25) is 0 Å². The van der Waals surface area contributed by atoms with Gasteiger partial charge in [0.15, 0.2) is 16.9 Å². The fraction of sp³-hybridized carbons (Fsp3) is 0.385. The van der Waals surface area contributed by atoms with E-state index < -0.39 is 0 Å². The van der Waals surface area contributed by atoms with Gasteiger partial charge in [0, 0.05) is 37.8 Å². The number of aromatic amines is 2. The molecule has 5 rings (SSSR count). The number of hydrogen-bond donors (Lipinski definition) is 2. The lowest BCUT2D eigenvalue weighted by Crippen LogP contribution is -2.46. The van der Waals surface area contributed by atoms with E-state index in [4.69, 9.17) is 13.9 Å². The minimum Gasteiger partial charge on any atom is -0.493 e. The highest BCUT2D eigenvalue weighted by atomic mass is 16.5. The number of benzene rings is 2. The Kier molecular flexibility index (Phi) is 6.50. The Morgan fingerprint density at radius 3 is 2.51 bits per heavy atom. The Labute approximate surface area is 202 Å². The molecule has 2 N–H and O–H groups in total. The first-order valence-corrected chi connectivity index (χ1v) is 11.9. The lowest BCUT2D eigenvalue weighted by atomic mass is 10.1. The van der Waals surface area contributed by atoms with E-state index in [0.717, 1.165) is 62.3 Å². The molecule has 35 heavy (non-hydrogen) atoms. The predicted molar refractivity (Wildman–Crippen MR) is 136 cm³/mol. The summed E-state index contributed by atoms with van der Waals surface area (Å²) in [7, 11) is 3.11. The Balaban J connectivity index is 1.15. The molecule has 1 saturated heterocycles. The van der Waals surface area contributed by atoms with Crippen LogP contribution in [-0.2, 0) is 6.42 Å². The number of aryl methyl sites for hydroxylation is 1. The van der Waals surface area contributed by atoms with Gasteiger partial charge in [0.1, 0.15) is 5.58 Å². The first-order valence-electron chi connectivity index (χ1n) is 11.9. The number of aromatic nitrogens is 2. The Bertz CT molecular complexity index is 1450. The highest BCUT2D eigenvalue weighted by Gasteiger charge is 2.19. The first kappa shape index (κ1) is 23.0. The minimum atomic E-state index is -0.176. The van der Waals surface area contributed by atoms with Crippen LogP contribution in [-0.4, -0.2) is 61.8 Å². The molecule has 1 aliphatic heterocycles. The van der Waals surface area contributed by atoms with E-state index in [1.54, 1.807) is 32.6 Å². The van der Waals surface area contributed by atoms with Crippen molar-refractivity contribution in [2.45, 2.75) is 19.3 Å². The van der Waals surface area contributed by atoms with Crippen molar-refractivity contribution in [2.24, 2.45) is 0 Å². The number of ether oxygens (including phenoxy) is 2. The van der Waals surface area contributed by atoms with Crippen molar-refractivity contribution < 1.29 is 13.9 Å². The quantitative estimate of drug-likeness (QED) is 0.375. The number of rotatable bonds is 8. The molecule has 0 amide bonds. The Morgan fingerprint density at radius 2 is 1.74 bits per heavy atom. The first-order chi connectivity index (χ1) is 17.1. The number of fused-ring (bicyclic) bond motifs is 2. The number of methoxy groups -OCH3 is 2. The number of imidazole rings is 1. The Morgan fingerprint density at radius 1 is 0.971 bits per heavy atom. The van der Waals surface area contributed by atoms with Crippen LogP contribution in [0.1, 0.15) is 18.4 Å². The summed E-state index contributed by atoms with van der Waals surface area (Å²) in [5.41, 5.74) is 3.76. The highest BCUT2D eigenvalue weighted by molar-refractivity contribution is 5.88. The smallest absolute Gasteiger partial charge is 0.323 e. The van der Waals surface area contributed by atoms with Gasteiger partial charge in [-0.2, -0.15) is 0 Å². The van der Waals surface area contributed by atoms with E-state index in [2.05, 4.69) is 25.8 Å². The van der Waals surface area contributed by atoms with Gasteiger partial charge in [-0.25, -0.2) is 4.79 Å². The summed E-state index contributed by atoms with van der Waals surface area (Å²) in [6.07, 6.45) is 4.16. The van der Waals surface area contributed by atoms with E-state index >= 15 is 0 Å². The average Bonchev–Trinajstić information content (AvgIpc) is 3.27. The predicted octanol–water partition coefficient (Wildman–Crippen LogP) is 3.12. The third kappa shape index (κ3) is 4.64. The van der Waals surface area contributed by atoms with Crippen molar-refractivity contribution in [3.63, 3.8) is 0 Å². The van der Waals surface area contributed by atoms with Crippen molar-refractivity contribution in [1.82, 2.24) is 14.9 Å². The summed E-state index contributed by atoms with van der Waals surface area (Å²) < 4.78 is 16.3. The van der Waals surface area contributed by atoms with Crippen molar-refractivity contribution >= 4 is 27.7 Å². The topological polar surface area (TPSA) is 104 Å². The lowest BCUT2D eigenvalue weighted by molar-refractivity contribution is 0.253. The van der Waals surface area contributed by atoms with Crippen LogP contribution in [0.3, 0.4) is 0 Å². The van der Waals surface area contributed by atoms with Gasteiger partial charge in [0.05, 0.1) is 42.6 Å². The molecule has 0 unspecified atom stereocenters. The van der Waals surface area contributed by atoms with Crippen LogP contribution in [0.4, 0.5) is 5.69 Å². The van der Waals surface area contributed by atoms with Gasteiger partial charge in [-0.1, -0.05) is 6.07 Å². The maximum atomic E-state index is 13.0. The van der Waals surface area contributed by atoms with Crippen LogP contribution in [0.15, 0.2) is 50.6 Å². The molecule has 0 atom stereocenters. The molecule has 2 aromatic heterocycles. The molecule has 1 aliphatic rings. The largest absolute Gasteiger partial charge is 0.493 e. The molecule has 0 aliphatic carbocycles. The fourth-order valence-electron chi connectivity index (χ4n) is 4.84. The van der Waals surface area contributed by atoms with Gasteiger partial charge in [-0.05, 0) is 44.0 Å². The van der Waals surface area contributed by atoms with E-state index in [0.29, 0.717) is 34.5 Å². The number of nitrogens with one attached hydrogen (secondary N) is 2. The van der Waals surface area contributed by atoms with Gasteiger partial charge >= 0.3 is 5.69 Å². The molecule has 184 valence electrons. The van der Waals surface area contributed by atoms with Crippen molar-refractivity contribution in [1.29, 1.82) is 0 Å². The fourth-order valence-corrected chi connectivity index (χ4v) is 4.84. The number of H-pyrrole nitrogens is 2. The molecular formula is C26H30N4O5. The maximum Gasteiger partial charge on any atom is 0.323 e. The molecule has 3 heterocycles. The van der Waals surface area contributed by atoms with Crippen LogP contribution in [0.25, 0.3) is 22.0 Å². The zero-order valence-electron chi connectivity index (χ0n) is 20.1. The van der Waals surface area contributed by atoms with Crippen molar-refractivity contribution in [2.75, 3.05) is 51.8 Å². The second-order valence-corrected chi connectivity index (χ2v) is 8.86. The third-order valence-electron chi connectivity index (χ3n) is 6.76. The summed E-state index contributed by atoms with van der Waals surface area (Å²) in [6.45, 7) is 4.73. The van der Waals surface area contributed by atoms with Crippen molar-refractivity contribution in [3.05, 3.63) is 62.9 Å². The average molecular weight is 479 g/mol. The van der Waals surface area contributed by atoms with Gasteiger partial charge in [-0.3, -0.25) is 9.69 Å². The highest BCUT2D eigenvalue weighted by Crippen LogP contribution is 2.31. The van der Waals surface area contributed by atoms with E-state index in [1.807, 2.05) is 12.1 Å². The van der Waals surface area contributed by atoms with Crippen LogP contribution >= 0.6 is 0 Å². The summed E-state index contributed by atoms with van der Waals surface area (Å²) >= 11 is 0. The summed E-state index contributed by atoms with van der Waals surface area (Å²) in [4.78, 5) is 35.2. The zero-order valence-corrected chi connectivity index (χ0v) is 20.1. The molecular weight excluding hydrogens is 448 g/mol. The van der Waals surface area contributed by atoms with Crippen LogP contribution in [0.2, 0.25) is 0 Å². The number of unbranched alkanes of at least 4 members (excludes halogenated alkanes) is 1. The third-order valence-corrected chi connectivity index (χ3v) is 6.76. The molecule has 9 nitrogen and oxygen atoms in total. The van der Waals surface area contributed by atoms with E-state index in [1.165, 1.54) is 0 Å². The van der Waals surface area contributed by atoms with Crippen LogP contribution in [0.5, 0.6) is 11.5 Å². The molecule has 0 saturated carbocycles. The standard InChI is InChI=1S/C26H30N4O5/c1-33-22-14-18-21(15-23(22)34-2)35-16-17(25(18)31)6-3-4-9-29-10-12-30(13-11-29)20-8-5-7-19-24(20)28-26(32)27-19/h5,7-8,14-16H,3-4,6,9-13H2,1-2H3,(H2,27,28,32). The molecule has 9 heteroatoms. The van der Waals surface area contributed by atoms with E-state index in [9.17, 15) is 9.59 Å². The molecule has 1 fully saturated rings. The molecule has 2 aromatic carbocycles. The van der Waals surface area contributed by atoms with Crippen molar-refractivity contribution in [3.8, 4) is 11.5 Å². The lowest BCUT2D eigenvalue weighted by Gasteiger charge is -2.36. The number of nitrogens with zero attached hydrogens (tertiary/aromatic N) is 2. The Hall–Kier alpha value is -3.72. The second kappa shape index (κ2) is 9.87. The second-order valence-electron chi connectivity index (χ2n) is 8.86. The number of anilines is 1. The van der Waals surface area contributed by atoms with Gasteiger partial charge in [0.25, 0.3) is 0 Å². The molecule has 0 radical (unpaired) electrons. The maximum absolute atomic E-state index is 13.0. The molecule has 0 spiro atoms. The van der Waals surface area contributed by atoms with Gasteiger partial charge < -0.3 is 28.8 Å².